The van der Waals surface area contributed by atoms with E-state index in [4.69, 9.17) is 8.85 Å². The minimum atomic E-state index is -2.88. The van der Waals surface area contributed by atoms with Gasteiger partial charge >= 0.3 is 0 Å². The van der Waals surface area contributed by atoms with E-state index in [1.165, 1.54) is 20.7 Å². The Balaban J connectivity index is 1.65. The molecule has 1 aliphatic carbocycles. The second-order valence-electron chi connectivity index (χ2n) is 14.5. The fourth-order valence-electron chi connectivity index (χ4n) is 7.43. The van der Waals surface area contributed by atoms with E-state index in [1.807, 2.05) is 6.08 Å². The molecule has 0 radical (unpaired) electrons. The molecule has 0 aromatic heterocycles. The molecule has 1 fully saturated rings. The zero-order valence-corrected chi connectivity index (χ0v) is 30.4. The molecule has 4 aromatic rings. The Morgan fingerprint density at radius 2 is 0.978 bits per heavy atom. The molecule has 1 saturated carbocycles. The van der Waals surface area contributed by atoms with Gasteiger partial charge in [-0.2, -0.15) is 0 Å². The Hall–Kier alpha value is -3.33. The third kappa shape index (κ3) is 6.44. The molecule has 240 valence electrons. The summed E-state index contributed by atoms with van der Waals surface area (Å²) in [6.07, 6.45) is 2.88. The molecule has 5 rings (SSSR count). The van der Waals surface area contributed by atoms with Crippen molar-refractivity contribution in [1.29, 1.82) is 0 Å². The van der Waals surface area contributed by atoms with Gasteiger partial charge in [-0.05, 0) is 48.4 Å². The van der Waals surface area contributed by atoms with Gasteiger partial charge in [-0.1, -0.05) is 176 Å². The quantitative estimate of drug-likeness (QED) is 0.197. The summed E-state index contributed by atoms with van der Waals surface area (Å²) in [7, 11) is -5.71. The summed E-state index contributed by atoms with van der Waals surface area (Å²) in [5, 5.41) is 14.8. The average Bonchev–Trinajstić information content (AvgIpc) is 3.05. The molecule has 2 unspecified atom stereocenters. The molecule has 1 aliphatic rings. The molecule has 46 heavy (non-hydrogen) atoms. The second-order valence-corrected chi connectivity index (χ2v) is 23.1. The van der Waals surface area contributed by atoms with E-state index in [0.29, 0.717) is 12.8 Å². The van der Waals surface area contributed by atoms with Gasteiger partial charge in [0.1, 0.15) is 0 Å². The predicted molar refractivity (Wildman–Crippen MR) is 199 cm³/mol. The smallest absolute Gasteiger partial charge is 0.261 e. The maximum atomic E-state index is 10.2. The second kappa shape index (κ2) is 13.8. The van der Waals surface area contributed by atoms with Gasteiger partial charge in [0, 0.05) is 6.42 Å². The molecule has 3 nitrogen and oxygen atoms in total. The third-order valence-corrected chi connectivity index (χ3v) is 19.7. The van der Waals surface area contributed by atoms with E-state index >= 15 is 0 Å². The summed E-state index contributed by atoms with van der Waals surface area (Å²) in [6.45, 7) is 18.5. The van der Waals surface area contributed by atoms with Crippen LogP contribution in [0.3, 0.4) is 0 Å². The highest BCUT2D eigenvalue weighted by atomic mass is 28.4. The Kier molecular flexibility index (Phi) is 10.2. The summed E-state index contributed by atoms with van der Waals surface area (Å²) in [5.74, 6) is 0. The maximum absolute atomic E-state index is 10.2. The van der Waals surface area contributed by atoms with Crippen molar-refractivity contribution in [2.75, 3.05) is 6.61 Å². The lowest BCUT2D eigenvalue weighted by atomic mass is 9.86. The Morgan fingerprint density at radius 1 is 0.630 bits per heavy atom. The summed E-state index contributed by atoms with van der Waals surface area (Å²) in [4.78, 5) is 0. The van der Waals surface area contributed by atoms with Crippen molar-refractivity contribution in [2.24, 2.45) is 0 Å². The Labute approximate surface area is 278 Å². The van der Waals surface area contributed by atoms with Crippen molar-refractivity contribution in [3.63, 3.8) is 0 Å². The summed E-state index contributed by atoms with van der Waals surface area (Å²) in [6, 6.07) is 43.2. The standard InChI is InChI=1S/C41H50O3Si2/c1-32-33(28-29-42)30-34(43-45(40(2,3)4,35-20-12-8-13-21-35)36-22-14-9-15-23-36)31-39(32)44-46(41(5,6)7,37-24-16-10-17-25-37)38-26-18-11-19-27-38/h8-28,34,39,42H,1,29-31H2,2-7H3/b33-28-. The maximum Gasteiger partial charge on any atom is 0.261 e. The van der Waals surface area contributed by atoms with Crippen molar-refractivity contribution in [3.05, 3.63) is 145 Å². The van der Waals surface area contributed by atoms with Crippen LogP contribution in [0.1, 0.15) is 54.4 Å². The van der Waals surface area contributed by atoms with E-state index in [1.54, 1.807) is 0 Å². The number of benzene rings is 4. The van der Waals surface area contributed by atoms with Crippen LogP contribution in [-0.4, -0.2) is 40.6 Å². The fraction of sp³-hybridized carbons (Fsp3) is 0.317. The highest BCUT2D eigenvalue weighted by molar-refractivity contribution is 7.00. The van der Waals surface area contributed by atoms with Gasteiger partial charge < -0.3 is 14.0 Å². The monoisotopic (exact) mass is 646 g/mol. The van der Waals surface area contributed by atoms with Crippen LogP contribution in [0, 0.1) is 0 Å². The van der Waals surface area contributed by atoms with Gasteiger partial charge in [0.25, 0.3) is 16.6 Å². The van der Waals surface area contributed by atoms with Gasteiger partial charge in [-0.25, -0.2) is 0 Å². The Morgan fingerprint density at radius 3 is 1.30 bits per heavy atom. The lowest BCUT2D eigenvalue weighted by Crippen LogP contribution is -2.69. The van der Waals surface area contributed by atoms with E-state index in [2.05, 4.69) is 169 Å². The van der Waals surface area contributed by atoms with Crippen LogP contribution in [0.15, 0.2) is 145 Å². The van der Waals surface area contributed by atoms with Crippen LogP contribution in [0.2, 0.25) is 10.1 Å². The first-order valence-corrected chi connectivity index (χ1v) is 20.3. The predicted octanol–water partition coefficient (Wildman–Crippen LogP) is 7.15. The van der Waals surface area contributed by atoms with Crippen LogP contribution >= 0.6 is 0 Å². The topological polar surface area (TPSA) is 38.7 Å². The van der Waals surface area contributed by atoms with Gasteiger partial charge in [-0.3, -0.25) is 0 Å². The van der Waals surface area contributed by atoms with Gasteiger partial charge in [-0.15, -0.1) is 0 Å². The molecule has 0 spiro atoms. The van der Waals surface area contributed by atoms with Crippen molar-refractivity contribution in [1.82, 2.24) is 0 Å². The van der Waals surface area contributed by atoms with Crippen LogP contribution in [0.25, 0.3) is 0 Å². The average molecular weight is 647 g/mol. The molecule has 4 aromatic carbocycles. The largest absolute Gasteiger partial charge is 0.404 e. The molecule has 0 heterocycles. The van der Waals surface area contributed by atoms with Crippen LogP contribution < -0.4 is 20.7 Å². The number of hydrogen-bond acceptors (Lipinski definition) is 3. The zero-order chi connectivity index (χ0) is 33.0. The molecule has 5 heteroatoms. The first-order valence-electron chi connectivity index (χ1n) is 16.5. The van der Waals surface area contributed by atoms with E-state index in [9.17, 15) is 5.11 Å². The molecule has 0 amide bonds. The zero-order valence-electron chi connectivity index (χ0n) is 28.4. The minimum Gasteiger partial charge on any atom is -0.404 e. The van der Waals surface area contributed by atoms with Crippen molar-refractivity contribution in [3.8, 4) is 0 Å². The first kappa shape index (κ1) is 34.0. The van der Waals surface area contributed by atoms with Gasteiger partial charge in [0.2, 0.25) is 0 Å². The van der Waals surface area contributed by atoms with E-state index in [-0.39, 0.29) is 28.9 Å². The van der Waals surface area contributed by atoms with Gasteiger partial charge in [0.05, 0.1) is 18.8 Å². The van der Waals surface area contributed by atoms with Crippen molar-refractivity contribution < 1.29 is 14.0 Å². The molecular formula is C41H50O3Si2. The molecule has 1 N–H and O–H groups in total. The van der Waals surface area contributed by atoms with Crippen LogP contribution in [0.5, 0.6) is 0 Å². The normalized spacial score (nSPS) is 18.9. The molecule has 2 atom stereocenters. The minimum absolute atomic E-state index is 0.0494. The number of aliphatic hydroxyl groups excluding tert-OH is 1. The van der Waals surface area contributed by atoms with Gasteiger partial charge in [0.15, 0.2) is 0 Å². The highest BCUT2D eigenvalue weighted by Gasteiger charge is 2.55. The molecule has 0 aliphatic heterocycles. The Bertz CT molecular complexity index is 1530. The SMILES string of the molecule is C=C1/C(=C\CO)CC(O[Si](c2ccccc2)(c2ccccc2)C(C)(C)C)CC1O[Si](c1ccccc1)(c1ccccc1)C(C)(C)C. The van der Waals surface area contributed by atoms with E-state index in [0.717, 1.165) is 11.1 Å². The van der Waals surface area contributed by atoms with Crippen LogP contribution in [0.4, 0.5) is 0 Å². The number of rotatable bonds is 9. The summed E-state index contributed by atoms with van der Waals surface area (Å²) >= 11 is 0. The van der Waals surface area contributed by atoms with Crippen LogP contribution in [-0.2, 0) is 8.85 Å². The van der Waals surface area contributed by atoms with Crippen molar-refractivity contribution in [2.45, 2.75) is 76.7 Å². The molecule has 0 bridgehead atoms. The summed E-state index contributed by atoms with van der Waals surface area (Å²) in [5.41, 5.74) is 1.98. The summed E-state index contributed by atoms with van der Waals surface area (Å²) < 4.78 is 15.4. The van der Waals surface area contributed by atoms with E-state index < -0.39 is 16.6 Å². The third-order valence-electron chi connectivity index (χ3n) is 9.56. The molecular weight excluding hydrogens is 597 g/mol. The number of hydrogen-bond donors (Lipinski definition) is 1. The number of aliphatic hydroxyl groups is 1. The first-order chi connectivity index (χ1) is 21.9. The fourth-order valence-corrected chi connectivity index (χ4v) is 16.8. The lowest BCUT2D eigenvalue weighted by molar-refractivity contribution is 0.102. The highest BCUT2D eigenvalue weighted by Crippen LogP contribution is 2.44. The lowest BCUT2D eigenvalue weighted by Gasteiger charge is -2.49. The van der Waals surface area contributed by atoms with Crippen molar-refractivity contribution >= 4 is 37.4 Å². The molecule has 0 saturated heterocycles.